The zero-order valence-corrected chi connectivity index (χ0v) is 20.4. The van der Waals surface area contributed by atoms with Gasteiger partial charge in [0.05, 0.1) is 17.8 Å². The summed E-state index contributed by atoms with van der Waals surface area (Å²) in [6, 6.07) is 18.0. The summed E-state index contributed by atoms with van der Waals surface area (Å²) in [6.07, 6.45) is 2.37. The molecule has 0 aliphatic carbocycles. The van der Waals surface area contributed by atoms with E-state index < -0.39 is 5.25 Å². The van der Waals surface area contributed by atoms with E-state index in [1.165, 1.54) is 6.21 Å². The molecule has 1 atom stereocenters. The van der Waals surface area contributed by atoms with Gasteiger partial charge in [-0.1, -0.05) is 42.4 Å². The second kappa shape index (κ2) is 11.7. The van der Waals surface area contributed by atoms with Crippen LogP contribution in [0.1, 0.15) is 25.5 Å². The van der Waals surface area contributed by atoms with Gasteiger partial charge in [0.15, 0.2) is 5.17 Å². The van der Waals surface area contributed by atoms with Crippen LogP contribution in [0.25, 0.3) is 11.3 Å². The minimum atomic E-state index is -0.591. The van der Waals surface area contributed by atoms with Crippen LogP contribution >= 0.6 is 23.4 Å². The van der Waals surface area contributed by atoms with Gasteiger partial charge in [-0.25, -0.2) is 0 Å². The summed E-state index contributed by atoms with van der Waals surface area (Å²) in [7, 11) is 0. The molecule has 8 nitrogen and oxygen atoms in total. The molecule has 10 heteroatoms. The Kier molecular flexibility index (Phi) is 8.23. The van der Waals surface area contributed by atoms with Gasteiger partial charge in [0.2, 0.25) is 11.8 Å². The number of thioether (sulfide) groups is 1. The molecule has 2 aromatic carbocycles. The number of furan rings is 1. The highest BCUT2D eigenvalue weighted by atomic mass is 35.5. The predicted molar refractivity (Wildman–Crippen MR) is 139 cm³/mol. The van der Waals surface area contributed by atoms with E-state index in [1.807, 2.05) is 25.1 Å². The number of amidine groups is 1. The van der Waals surface area contributed by atoms with E-state index in [-0.39, 0.29) is 18.2 Å². The Morgan fingerprint density at radius 2 is 2.00 bits per heavy atom. The second-order valence-electron chi connectivity index (χ2n) is 7.55. The first-order chi connectivity index (χ1) is 17.0. The number of benzene rings is 2. The maximum absolute atomic E-state index is 12.4. The Morgan fingerprint density at radius 3 is 2.77 bits per heavy atom. The van der Waals surface area contributed by atoms with Crippen LogP contribution in [0.15, 0.2) is 75.3 Å². The standard InChI is InChI=1S/C25H23ClN4O4S/c1-2-13-33-17-9-7-16(8-10-17)28-23(31)14-22-24(32)29-25(35-22)30-27-15-18-11-12-21(34-18)19-5-3-4-6-20(19)26/h3-12,15,22H,2,13-14H2,1H3,(H,28,31)(H,29,30,32)/b27-15+. The van der Waals surface area contributed by atoms with Crippen LogP contribution < -0.4 is 15.4 Å². The number of rotatable bonds is 9. The van der Waals surface area contributed by atoms with Crippen LogP contribution in [0.2, 0.25) is 5.02 Å². The molecule has 0 radical (unpaired) electrons. The second-order valence-corrected chi connectivity index (χ2v) is 9.15. The van der Waals surface area contributed by atoms with E-state index in [0.29, 0.717) is 34.0 Å². The zero-order chi connectivity index (χ0) is 24.6. The Morgan fingerprint density at radius 1 is 1.20 bits per heavy atom. The Hall–Kier alpha value is -3.56. The van der Waals surface area contributed by atoms with Crippen molar-refractivity contribution in [1.29, 1.82) is 0 Å². The van der Waals surface area contributed by atoms with Crippen LogP contribution in [0, 0.1) is 0 Å². The maximum Gasteiger partial charge on any atom is 0.240 e. The average Bonchev–Trinajstić information content (AvgIpc) is 3.45. The normalized spacial score (nSPS) is 16.6. The first-order valence-electron chi connectivity index (χ1n) is 11.0. The summed E-state index contributed by atoms with van der Waals surface area (Å²) in [4.78, 5) is 24.6. The molecular weight excluding hydrogens is 488 g/mol. The lowest BCUT2D eigenvalue weighted by atomic mass is 10.2. The molecule has 1 aromatic heterocycles. The number of carbonyl (C=O) groups excluding carboxylic acids is 2. The molecule has 3 aromatic rings. The summed E-state index contributed by atoms with van der Waals surface area (Å²) in [6.45, 7) is 2.67. The van der Waals surface area contributed by atoms with Crippen molar-refractivity contribution in [3.63, 3.8) is 0 Å². The number of carbonyl (C=O) groups is 2. The molecule has 1 saturated heterocycles. The lowest BCUT2D eigenvalue weighted by Gasteiger charge is -2.09. The summed E-state index contributed by atoms with van der Waals surface area (Å²) >= 11 is 7.35. The highest BCUT2D eigenvalue weighted by Crippen LogP contribution is 2.29. The third-order valence-corrected chi connectivity index (χ3v) is 6.26. The average molecular weight is 511 g/mol. The molecule has 2 amide bonds. The van der Waals surface area contributed by atoms with Gasteiger partial charge < -0.3 is 19.8 Å². The smallest absolute Gasteiger partial charge is 0.240 e. The van der Waals surface area contributed by atoms with Gasteiger partial charge in [-0.15, -0.1) is 5.10 Å². The molecule has 180 valence electrons. The van der Waals surface area contributed by atoms with Gasteiger partial charge in [-0.05, 0) is 55.0 Å². The maximum atomic E-state index is 12.4. The Bertz CT molecular complexity index is 1260. The van der Waals surface area contributed by atoms with Gasteiger partial charge in [0.25, 0.3) is 0 Å². The van der Waals surface area contributed by atoms with Gasteiger partial charge >= 0.3 is 0 Å². The number of amides is 2. The third-order valence-electron chi connectivity index (χ3n) is 4.86. The fourth-order valence-corrected chi connectivity index (χ4v) is 4.34. The Balaban J connectivity index is 1.29. The van der Waals surface area contributed by atoms with Crippen molar-refractivity contribution < 1.29 is 18.7 Å². The van der Waals surface area contributed by atoms with Gasteiger partial charge in [-0.3, -0.25) is 9.59 Å². The number of nitrogens with one attached hydrogen (secondary N) is 2. The van der Waals surface area contributed by atoms with Gasteiger partial charge in [0, 0.05) is 17.7 Å². The van der Waals surface area contributed by atoms with E-state index in [9.17, 15) is 9.59 Å². The summed E-state index contributed by atoms with van der Waals surface area (Å²) in [5, 5.41) is 13.8. The monoisotopic (exact) mass is 510 g/mol. The van der Waals surface area contributed by atoms with E-state index >= 15 is 0 Å². The summed E-state index contributed by atoms with van der Waals surface area (Å²) in [5.74, 6) is 1.28. The van der Waals surface area contributed by atoms with Crippen LogP contribution in [0.3, 0.4) is 0 Å². The van der Waals surface area contributed by atoms with Crippen LogP contribution in [-0.4, -0.2) is 35.1 Å². The van der Waals surface area contributed by atoms with Crippen molar-refractivity contribution in [3.05, 3.63) is 71.4 Å². The highest BCUT2D eigenvalue weighted by molar-refractivity contribution is 8.15. The molecule has 1 aliphatic rings. The molecule has 2 N–H and O–H groups in total. The molecule has 4 rings (SSSR count). The summed E-state index contributed by atoms with van der Waals surface area (Å²) < 4.78 is 11.3. The zero-order valence-electron chi connectivity index (χ0n) is 18.9. The fourth-order valence-electron chi connectivity index (χ4n) is 3.19. The SMILES string of the molecule is CCCOc1ccc(NC(=O)CC2S/C(=N/N=C/c3ccc(-c4ccccc4Cl)o3)NC2=O)cc1. The van der Waals surface area contributed by atoms with Crippen LogP contribution in [-0.2, 0) is 9.59 Å². The Labute approximate surface area is 211 Å². The van der Waals surface area contributed by atoms with Crippen molar-refractivity contribution >= 4 is 52.2 Å². The van der Waals surface area contributed by atoms with E-state index in [4.69, 9.17) is 20.8 Å². The third kappa shape index (κ3) is 6.74. The lowest BCUT2D eigenvalue weighted by molar-refractivity contribution is -0.122. The van der Waals surface area contributed by atoms with Crippen molar-refractivity contribution in [3.8, 4) is 17.1 Å². The van der Waals surface area contributed by atoms with Gasteiger partial charge in [-0.2, -0.15) is 5.10 Å². The van der Waals surface area contributed by atoms with E-state index in [2.05, 4.69) is 20.8 Å². The minimum Gasteiger partial charge on any atom is -0.494 e. The number of halogens is 1. The first-order valence-corrected chi connectivity index (χ1v) is 12.2. The largest absolute Gasteiger partial charge is 0.494 e. The van der Waals surface area contributed by atoms with Crippen molar-refractivity contribution in [2.24, 2.45) is 10.2 Å². The number of anilines is 1. The van der Waals surface area contributed by atoms with Crippen molar-refractivity contribution in [2.75, 3.05) is 11.9 Å². The van der Waals surface area contributed by atoms with E-state index in [0.717, 1.165) is 29.5 Å². The van der Waals surface area contributed by atoms with Crippen molar-refractivity contribution in [2.45, 2.75) is 25.0 Å². The number of ether oxygens (including phenoxy) is 1. The van der Waals surface area contributed by atoms with Crippen LogP contribution in [0.4, 0.5) is 5.69 Å². The van der Waals surface area contributed by atoms with E-state index in [1.54, 1.807) is 42.5 Å². The molecule has 1 fully saturated rings. The molecule has 2 heterocycles. The topological polar surface area (TPSA) is 105 Å². The minimum absolute atomic E-state index is 0.00665. The lowest BCUT2D eigenvalue weighted by Crippen LogP contribution is -2.28. The molecule has 35 heavy (non-hydrogen) atoms. The molecular formula is C25H23ClN4O4S. The molecule has 1 unspecified atom stereocenters. The molecule has 0 saturated carbocycles. The quantitative estimate of drug-likeness (QED) is 0.298. The predicted octanol–water partition coefficient (Wildman–Crippen LogP) is 5.34. The number of nitrogens with zero attached hydrogens (tertiary/aromatic N) is 2. The van der Waals surface area contributed by atoms with Crippen LogP contribution in [0.5, 0.6) is 5.75 Å². The molecule has 1 aliphatic heterocycles. The highest BCUT2D eigenvalue weighted by Gasteiger charge is 2.32. The molecule has 0 spiro atoms. The van der Waals surface area contributed by atoms with Gasteiger partial charge in [0.1, 0.15) is 22.5 Å². The fraction of sp³-hybridized carbons (Fsp3) is 0.200. The summed E-state index contributed by atoms with van der Waals surface area (Å²) in [5.41, 5.74) is 1.41. The first kappa shape index (κ1) is 24.6. The molecule has 0 bridgehead atoms. The number of hydrogen-bond acceptors (Lipinski definition) is 7. The van der Waals surface area contributed by atoms with Crippen molar-refractivity contribution in [1.82, 2.24) is 5.32 Å². The number of hydrogen-bond donors (Lipinski definition) is 2.